The number of nitrogens with zero attached hydrogens (tertiary/aromatic N) is 2. The number of phenolic OH excluding ortho intramolecular Hbond substituents is 1. The minimum Gasteiger partial charge on any atom is -0.508 e. The second-order valence-electron chi connectivity index (χ2n) is 4.31. The van der Waals surface area contributed by atoms with Crippen LogP contribution >= 0.6 is 0 Å². The van der Waals surface area contributed by atoms with Gasteiger partial charge in [-0.1, -0.05) is 6.92 Å². The van der Waals surface area contributed by atoms with Crippen LogP contribution in [0.25, 0.3) is 11.0 Å². The number of fused-ring (bicyclic) bond motifs is 1. The molecule has 1 heterocycles. The molecule has 16 heavy (non-hydrogen) atoms. The van der Waals surface area contributed by atoms with Crippen molar-refractivity contribution in [3.8, 4) is 5.75 Å². The molecule has 4 heteroatoms. The summed E-state index contributed by atoms with van der Waals surface area (Å²) in [4.78, 5) is 4.54. The number of aromatic hydroxyl groups is 1. The Hall–Kier alpha value is -1.55. The summed E-state index contributed by atoms with van der Waals surface area (Å²) in [5.41, 5.74) is 7.49. The molecule has 3 N–H and O–H groups in total. The summed E-state index contributed by atoms with van der Waals surface area (Å²) in [7, 11) is 1.97. The van der Waals surface area contributed by atoms with Crippen LogP contribution in [0.1, 0.15) is 12.7 Å². The number of rotatable bonds is 3. The highest BCUT2D eigenvalue weighted by molar-refractivity contribution is 5.77. The standard InChI is InChI=1S/C12H17N3O/c1-8(7-13)5-12-14-10-4-3-9(16)6-11(10)15(12)2/h3-4,6,8,16H,5,7,13H2,1-2H3. The lowest BCUT2D eigenvalue weighted by molar-refractivity contribution is 0.476. The second-order valence-corrected chi connectivity index (χ2v) is 4.31. The molecule has 2 rings (SSSR count). The number of nitrogens with two attached hydrogens (primary N) is 1. The van der Waals surface area contributed by atoms with E-state index in [1.807, 2.05) is 17.7 Å². The van der Waals surface area contributed by atoms with Crippen molar-refractivity contribution in [2.45, 2.75) is 13.3 Å². The lowest BCUT2D eigenvalue weighted by Gasteiger charge is -2.07. The molecule has 1 atom stereocenters. The highest BCUT2D eigenvalue weighted by Crippen LogP contribution is 2.21. The van der Waals surface area contributed by atoms with Gasteiger partial charge in [0.1, 0.15) is 11.6 Å². The predicted molar refractivity (Wildman–Crippen MR) is 64.3 cm³/mol. The normalized spacial score (nSPS) is 13.2. The first-order chi connectivity index (χ1) is 7.61. The van der Waals surface area contributed by atoms with E-state index in [4.69, 9.17) is 5.73 Å². The zero-order valence-electron chi connectivity index (χ0n) is 9.64. The quantitative estimate of drug-likeness (QED) is 0.820. The van der Waals surface area contributed by atoms with Gasteiger partial charge in [0.25, 0.3) is 0 Å². The van der Waals surface area contributed by atoms with E-state index in [9.17, 15) is 5.11 Å². The van der Waals surface area contributed by atoms with E-state index in [-0.39, 0.29) is 5.75 Å². The van der Waals surface area contributed by atoms with Gasteiger partial charge in [-0.2, -0.15) is 0 Å². The van der Waals surface area contributed by atoms with E-state index in [0.29, 0.717) is 12.5 Å². The molecule has 0 aliphatic rings. The summed E-state index contributed by atoms with van der Waals surface area (Å²) in [5, 5.41) is 9.43. The Morgan fingerprint density at radius 3 is 2.94 bits per heavy atom. The molecule has 0 fully saturated rings. The Morgan fingerprint density at radius 2 is 2.25 bits per heavy atom. The van der Waals surface area contributed by atoms with E-state index in [2.05, 4.69) is 11.9 Å². The molecular weight excluding hydrogens is 202 g/mol. The first kappa shape index (κ1) is 11.0. The van der Waals surface area contributed by atoms with E-state index >= 15 is 0 Å². The summed E-state index contributed by atoms with van der Waals surface area (Å²) in [5.74, 6) is 1.71. The molecule has 0 saturated heterocycles. The van der Waals surface area contributed by atoms with Crippen LogP contribution in [-0.2, 0) is 13.5 Å². The third kappa shape index (κ3) is 1.88. The number of aromatic nitrogens is 2. The molecule has 4 nitrogen and oxygen atoms in total. The summed E-state index contributed by atoms with van der Waals surface area (Å²) in [6.45, 7) is 2.77. The first-order valence-corrected chi connectivity index (χ1v) is 5.46. The fraction of sp³-hybridized carbons (Fsp3) is 0.417. The van der Waals surface area contributed by atoms with Gasteiger partial charge in [-0.15, -0.1) is 0 Å². The van der Waals surface area contributed by atoms with Gasteiger partial charge in [-0.25, -0.2) is 4.98 Å². The Balaban J connectivity index is 2.44. The number of aryl methyl sites for hydroxylation is 1. The van der Waals surface area contributed by atoms with Crippen molar-refractivity contribution >= 4 is 11.0 Å². The van der Waals surface area contributed by atoms with Gasteiger partial charge < -0.3 is 15.4 Å². The summed E-state index contributed by atoms with van der Waals surface area (Å²) in [6.07, 6.45) is 0.864. The van der Waals surface area contributed by atoms with Crippen LogP contribution in [0.3, 0.4) is 0 Å². The molecule has 86 valence electrons. The number of imidazole rings is 1. The number of benzene rings is 1. The largest absolute Gasteiger partial charge is 0.508 e. The second kappa shape index (κ2) is 4.14. The maximum atomic E-state index is 9.43. The van der Waals surface area contributed by atoms with Crippen molar-refractivity contribution in [3.63, 3.8) is 0 Å². The van der Waals surface area contributed by atoms with Crippen LogP contribution in [0.5, 0.6) is 5.75 Å². The molecule has 0 aliphatic carbocycles. The van der Waals surface area contributed by atoms with Crippen LogP contribution < -0.4 is 5.73 Å². The van der Waals surface area contributed by atoms with Crippen molar-refractivity contribution in [1.29, 1.82) is 0 Å². The minimum absolute atomic E-state index is 0.272. The third-order valence-corrected chi connectivity index (χ3v) is 2.89. The van der Waals surface area contributed by atoms with E-state index in [0.717, 1.165) is 23.3 Å². The Bertz CT molecular complexity index is 504. The Morgan fingerprint density at radius 1 is 1.50 bits per heavy atom. The van der Waals surface area contributed by atoms with Crippen LogP contribution in [0.15, 0.2) is 18.2 Å². The zero-order chi connectivity index (χ0) is 11.7. The summed E-state index contributed by atoms with van der Waals surface area (Å²) >= 11 is 0. The van der Waals surface area contributed by atoms with Crippen molar-refractivity contribution in [2.24, 2.45) is 18.7 Å². The van der Waals surface area contributed by atoms with E-state index in [1.54, 1.807) is 12.1 Å². The van der Waals surface area contributed by atoms with Gasteiger partial charge in [0.2, 0.25) is 0 Å². The maximum Gasteiger partial charge on any atom is 0.117 e. The third-order valence-electron chi connectivity index (χ3n) is 2.89. The van der Waals surface area contributed by atoms with Crippen molar-refractivity contribution in [2.75, 3.05) is 6.54 Å². The van der Waals surface area contributed by atoms with Crippen LogP contribution in [0.4, 0.5) is 0 Å². The highest BCUT2D eigenvalue weighted by atomic mass is 16.3. The Kier molecular flexibility index (Phi) is 2.83. The van der Waals surface area contributed by atoms with E-state index < -0.39 is 0 Å². The molecule has 0 aliphatic heterocycles. The SMILES string of the molecule is CC(CN)Cc1nc2ccc(O)cc2n1C. The fourth-order valence-electron chi connectivity index (χ4n) is 1.81. The molecule has 0 spiro atoms. The highest BCUT2D eigenvalue weighted by Gasteiger charge is 2.10. The minimum atomic E-state index is 0.272. The zero-order valence-corrected chi connectivity index (χ0v) is 9.64. The molecule has 0 bridgehead atoms. The molecular formula is C12H17N3O. The van der Waals surface area contributed by atoms with Crippen molar-refractivity contribution in [3.05, 3.63) is 24.0 Å². The van der Waals surface area contributed by atoms with Gasteiger partial charge >= 0.3 is 0 Å². The van der Waals surface area contributed by atoms with Gasteiger partial charge in [-0.05, 0) is 24.6 Å². The summed E-state index contributed by atoms with van der Waals surface area (Å²) < 4.78 is 2.02. The van der Waals surface area contributed by atoms with Crippen molar-refractivity contribution in [1.82, 2.24) is 9.55 Å². The van der Waals surface area contributed by atoms with E-state index in [1.165, 1.54) is 0 Å². The maximum absolute atomic E-state index is 9.43. The molecule has 2 aromatic rings. The molecule has 1 aromatic heterocycles. The number of phenols is 1. The lowest BCUT2D eigenvalue weighted by atomic mass is 10.1. The molecule has 1 aromatic carbocycles. The first-order valence-electron chi connectivity index (χ1n) is 5.46. The average Bonchev–Trinajstić information content (AvgIpc) is 2.56. The van der Waals surface area contributed by atoms with Crippen LogP contribution in [0, 0.1) is 5.92 Å². The number of hydrogen-bond acceptors (Lipinski definition) is 3. The van der Waals surface area contributed by atoms with Gasteiger partial charge in [-0.3, -0.25) is 0 Å². The monoisotopic (exact) mass is 219 g/mol. The van der Waals surface area contributed by atoms with Crippen LogP contribution in [-0.4, -0.2) is 21.2 Å². The molecule has 1 unspecified atom stereocenters. The Labute approximate surface area is 94.7 Å². The topological polar surface area (TPSA) is 64.1 Å². The van der Waals surface area contributed by atoms with Crippen molar-refractivity contribution < 1.29 is 5.11 Å². The average molecular weight is 219 g/mol. The number of hydrogen-bond donors (Lipinski definition) is 2. The molecule has 0 radical (unpaired) electrons. The summed E-state index contributed by atoms with van der Waals surface area (Å²) in [6, 6.07) is 5.23. The van der Waals surface area contributed by atoms with Gasteiger partial charge in [0.15, 0.2) is 0 Å². The van der Waals surface area contributed by atoms with Gasteiger partial charge in [0, 0.05) is 19.5 Å². The molecule has 0 saturated carbocycles. The lowest BCUT2D eigenvalue weighted by Crippen LogP contribution is -2.15. The smallest absolute Gasteiger partial charge is 0.117 e. The van der Waals surface area contributed by atoms with Crippen LogP contribution in [0.2, 0.25) is 0 Å². The van der Waals surface area contributed by atoms with Gasteiger partial charge in [0.05, 0.1) is 11.0 Å². The predicted octanol–water partition coefficient (Wildman–Crippen LogP) is 1.42. The molecule has 0 amide bonds. The fourth-order valence-corrected chi connectivity index (χ4v) is 1.81.